The van der Waals surface area contributed by atoms with Crippen molar-refractivity contribution in [2.75, 3.05) is 7.11 Å². The highest BCUT2D eigenvalue weighted by molar-refractivity contribution is 5.57. The summed E-state index contributed by atoms with van der Waals surface area (Å²) in [6.07, 6.45) is -4.60. The Morgan fingerprint density at radius 3 is 2.00 bits per heavy atom. The maximum absolute atomic E-state index is 10.2. The molecule has 0 aromatic carbocycles. The van der Waals surface area contributed by atoms with Crippen LogP contribution in [-0.2, 0) is 9.53 Å². The van der Waals surface area contributed by atoms with Crippen LogP contribution in [0.25, 0.3) is 0 Å². The van der Waals surface area contributed by atoms with Gasteiger partial charge in [0.25, 0.3) is 0 Å². The van der Waals surface area contributed by atoms with Crippen LogP contribution in [0.15, 0.2) is 0 Å². The third-order valence-corrected chi connectivity index (χ3v) is 1.59. The maximum Gasteiger partial charge on any atom is 0.151 e. The summed E-state index contributed by atoms with van der Waals surface area (Å²) in [5.41, 5.74) is 0. The van der Waals surface area contributed by atoms with Crippen LogP contribution in [-0.4, -0.2) is 53.1 Å². The predicted octanol–water partition coefficient (Wildman–Crippen LogP) is -1.70. The quantitative estimate of drug-likeness (QED) is 0.437. The van der Waals surface area contributed by atoms with Gasteiger partial charge in [-0.1, -0.05) is 0 Å². The molecule has 4 atom stereocenters. The van der Waals surface area contributed by atoms with Crippen molar-refractivity contribution in [1.82, 2.24) is 0 Å². The summed E-state index contributed by atoms with van der Waals surface area (Å²) in [6, 6.07) is 0. The molecule has 0 aliphatic carbocycles. The lowest BCUT2D eigenvalue weighted by Crippen LogP contribution is -2.44. The van der Waals surface area contributed by atoms with Crippen molar-refractivity contribution in [3.63, 3.8) is 0 Å². The van der Waals surface area contributed by atoms with Crippen LogP contribution in [0, 0.1) is 0 Å². The summed E-state index contributed by atoms with van der Waals surface area (Å²) >= 11 is 0. The minimum atomic E-state index is -1.40. The first-order chi connectivity index (χ1) is 5.54. The number of aliphatic hydroxyl groups is 3. The van der Waals surface area contributed by atoms with Crippen molar-refractivity contribution in [1.29, 1.82) is 0 Å². The summed E-state index contributed by atoms with van der Waals surface area (Å²) in [5.74, 6) is 0. The third-order valence-electron chi connectivity index (χ3n) is 1.59. The van der Waals surface area contributed by atoms with E-state index in [2.05, 4.69) is 4.74 Å². The van der Waals surface area contributed by atoms with Crippen LogP contribution in [0.4, 0.5) is 0 Å². The first-order valence-electron chi connectivity index (χ1n) is 3.56. The molecule has 5 heteroatoms. The first-order valence-corrected chi connectivity index (χ1v) is 3.56. The Hall–Kier alpha value is -0.490. The molecular weight excluding hydrogens is 164 g/mol. The molecule has 0 saturated heterocycles. The maximum atomic E-state index is 10.2. The SMILES string of the molecule is COC(C=O)C(O)C(O)C(C)O. The fourth-order valence-corrected chi connectivity index (χ4v) is 0.755. The molecule has 4 unspecified atom stereocenters. The summed E-state index contributed by atoms with van der Waals surface area (Å²) in [7, 11) is 1.23. The van der Waals surface area contributed by atoms with E-state index in [1.54, 1.807) is 0 Å². The zero-order chi connectivity index (χ0) is 9.72. The largest absolute Gasteiger partial charge is 0.391 e. The minimum Gasteiger partial charge on any atom is -0.391 e. The number of methoxy groups -OCH3 is 1. The van der Waals surface area contributed by atoms with Gasteiger partial charge in [-0.25, -0.2) is 0 Å². The molecule has 0 spiro atoms. The second kappa shape index (κ2) is 5.21. The van der Waals surface area contributed by atoms with Gasteiger partial charge in [0.1, 0.15) is 18.3 Å². The van der Waals surface area contributed by atoms with E-state index in [1.807, 2.05) is 0 Å². The first kappa shape index (κ1) is 11.5. The number of aliphatic hydroxyl groups excluding tert-OH is 3. The Labute approximate surface area is 70.6 Å². The van der Waals surface area contributed by atoms with E-state index in [4.69, 9.17) is 10.2 Å². The normalized spacial score (nSPS) is 21.1. The molecule has 0 radical (unpaired) electrons. The molecule has 3 N–H and O–H groups in total. The number of carbonyl (C=O) groups excluding carboxylic acids is 1. The molecule has 0 aromatic rings. The fraction of sp³-hybridized carbons (Fsp3) is 0.857. The van der Waals surface area contributed by atoms with Crippen molar-refractivity contribution < 1.29 is 24.9 Å². The van der Waals surface area contributed by atoms with E-state index < -0.39 is 24.4 Å². The summed E-state index contributed by atoms with van der Waals surface area (Å²) < 4.78 is 4.54. The highest BCUT2D eigenvalue weighted by Gasteiger charge is 2.28. The minimum absolute atomic E-state index is 0.371. The van der Waals surface area contributed by atoms with Crippen LogP contribution in [0.5, 0.6) is 0 Å². The van der Waals surface area contributed by atoms with Gasteiger partial charge in [0.15, 0.2) is 6.29 Å². The van der Waals surface area contributed by atoms with Crippen LogP contribution in [0.3, 0.4) is 0 Å². The number of ether oxygens (including phenoxy) is 1. The van der Waals surface area contributed by atoms with Gasteiger partial charge in [-0.05, 0) is 6.92 Å². The molecule has 0 aliphatic heterocycles. The molecule has 0 amide bonds. The average molecular weight is 178 g/mol. The van der Waals surface area contributed by atoms with Gasteiger partial charge in [-0.2, -0.15) is 0 Å². The van der Waals surface area contributed by atoms with E-state index >= 15 is 0 Å². The number of hydrogen-bond acceptors (Lipinski definition) is 5. The van der Waals surface area contributed by atoms with Gasteiger partial charge in [0.05, 0.1) is 6.10 Å². The molecule has 0 saturated carbocycles. The highest BCUT2D eigenvalue weighted by atomic mass is 16.5. The van der Waals surface area contributed by atoms with Crippen molar-refractivity contribution in [3.8, 4) is 0 Å². The smallest absolute Gasteiger partial charge is 0.151 e. The Balaban J connectivity index is 4.14. The lowest BCUT2D eigenvalue weighted by molar-refractivity contribution is -0.136. The second-order valence-corrected chi connectivity index (χ2v) is 2.56. The summed E-state index contributed by atoms with van der Waals surface area (Å²) in [5, 5.41) is 27.1. The zero-order valence-corrected chi connectivity index (χ0v) is 7.04. The van der Waals surface area contributed by atoms with E-state index in [9.17, 15) is 9.90 Å². The van der Waals surface area contributed by atoms with Crippen LogP contribution >= 0.6 is 0 Å². The number of rotatable bonds is 5. The van der Waals surface area contributed by atoms with Gasteiger partial charge >= 0.3 is 0 Å². The topological polar surface area (TPSA) is 87.0 Å². The molecule has 0 fully saturated rings. The van der Waals surface area contributed by atoms with E-state index in [0.717, 1.165) is 0 Å². The monoisotopic (exact) mass is 178 g/mol. The van der Waals surface area contributed by atoms with Gasteiger partial charge in [-0.3, -0.25) is 0 Å². The number of hydrogen-bond donors (Lipinski definition) is 3. The van der Waals surface area contributed by atoms with Gasteiger partial charge in [-0.15, -0.1) is 0 Å². The summed E-state index contributed by atoms with van der Waals surface area (Å²) in [6.45, 7) is 1.31. The van der Waals surface area contributed by atoms with Crippen LogP contribution in [0.2, 0.25) is 0 Å². The third kappa shape index (κ3) is 2.86. The lowest BCUT2D eigenvalue weighted by Gasteiger charge is -2.23. The molecule has 5 nitrogen and oxygen atoms in total. The summed E-state index contributed by atoms with van der Waals surface area (Å²) in [4.78, 5) is 10.2. The van der Waals surface area contributed by atoms with Gasteiger partial charge in [0, 0.05) is 7.11 Å². The molecule has 0 bridgehead atoms. The average Bonchev–Trinajstić information content (AvgIpc) is 2.05. The van der Waals surface area contributed by atoms with E-state index in [-0.39, 0.29) is 0 Å². The molecule has 0 heterocycles. The van der Waals surface area contributed by atoms with Gasteiger partial charge in [0.2, 0.25) is 0 Å². The lowest BCUT2D eigenvalue weighted by atomic mass is 10.1. The predicted molar refractivity (Wildman–Crippen MR) is 40.6 cm³/mol. The van der Waals surface area contributed by atoms with E-state index in [0.29, 0.717) is 6.29 Å². The number of carbonyl (C=O) groups is 1. The van der Waals surface area contributed by atoms with Crippen molar-refractivity contribution in [2.24, 2.45) is 0 Å². The van der Waals surface area contributed by atoms with Crippen LogP contribution in [0.1, 0.15) is 6.92 Å². The number of aldehydes is 1. The molecule has 0 rings (SSSR count). The van der Waals surface area contributed by atoms with Crippen molar-refractivity contribution >= 4 is 6.29 Å². The highest BCUT2D eigenvalue weighted by Crippen LogP contribution is 2.05. The second-order valence-electron chi connectivity index (χ2n) is 2.56. The van der Waals surface area contributed by atoms with Crippen molar-refractivity contribution in [2.45, 2.75) is 31.3 Å². The van der Waals surface area contributed by atoms with Gasteiger partial charge < -0.3 is 24.9 Å². The zero-order valence-electron chi connectivity index (χ0n) is 7.04. The molecule has 12 heavy (non-hydrogen) atoms. The Morgan fingerprint density at radius 2 is 1.75 bits per heavy atom. The standard InChI is InChI=1S/C7H14O5/c1-4(9)6(10)7(11)5(3-8)12-2/h3-7,9-11H,1-2H3. The molecule has 0 aliphatic rings. The van der Waals surface area contributed by atoms with E-state index in [1.165, 1.54) is 14.0 Å². The Morgan fingerprint density at radius 1 is 1.25 bits per heavy atom. The molecule has 72 valence electrons. The Bertz CT molecular complexity index is 136. The fourth-order valence-electron chi connectivity index (χ4n) is 0.755. The van der Waals surface area contributed by atoms with Crippen molar-refractivity contribution in [3.05, 3.63) is 0 Å². The Kier molecular flexibility index (Phi) is 5.00. The molecule has 0 aromatic heterocycles. The molecular formula is C7H14O5. The van der Waals surface area contributed by atoms with Crippen LogP contribution < -0.4 is 0 Å².